The predicted molar refractivity (Wildman–Crippen MR) is 118 cm³/mol. The van der Waals surface area contributed by atoms with Gasteiger partial charge in [-0.2, -0.15) is 0 Å². The number of hydrogen-bond donors (Lipinski definition) is 0. The number of ether oxygens (including phenoxy) is 2. The van der Waals surface area contributed by atoms with E-state index in [-0.39, 0.29) is 13.0 Å². The zero-order valence-electron chi connectivity index (χ0n) is 17.8. The molecule has 0 radical (unpaired) electrons. The lowest BCUT2D eigenvalue weighted by molar-refractivity contribution is -0.145. The molecule has 0 aliphatic carbocycles. The van der Waals surface area contributed by atoms with Crippen molar-refractivity contribution in [2.45, 2.75) is 26.4 Å². The summed E-state index contributed by atoms with van der Waals surface area (Å²) in [5, 5.41) is 0.848. The highest BCUT2D eigenvalue weighted by atomic mass is 16.5. The van der Waals surface area contributed by atoms with Crippen LogP contribution in [-0.2, 0) is 27.3 Å². The first kappa shape index (κ1) is 21.2. The van der Waals surface area contributed by atoms with Crippen LogP contribution in [0.1, 0.15) is 33.9 Å². The van der Waals surface area contributed by atoms with Crippen LogP contribution in [0, 0.1) is 6.92 Å². The van der Waals surface area contributed by atoms with E-state index in [4.69, 9.17) is 13.9 Å². The number of esters is 2. The zero-order valence-corrected chi connectivity index (χ0v) is 17.8. The van der Waals surface area contributed by atoms with Crippen LogP contribution in [0.15, 0.2) is 65.2 Å². The quantitative estimate of drug-likeness (QED) is 0.394. The molecule has 0 fully saturated rings. The van der Waals surface area contributed by atoms with Gasteiger partial charge in [-0.1, -0.05) is 48.5 Å². The second-order valence-electron chi connectivity index (χ2n) is 7.21. The van der Waals surface area contributed by atoms with Crippen molar-refractivity contribution < 1.29 is 23.5 Å². The summed E-state index contributed by atoms with van der Waals surface area (Å²) in [7, 11) is 1.31. The first-order chi connectivity index (χ1) is 15.6. The van der Waals surface area contributed by atoms with E-state index in [9.17, 15) is 9.59 Å². The zero-order chi connectivity index (χ0) is 22.5. The number of methoxy groups -OCH3 is 1. The van der Waals surface area contributed by atoms with Gasteiger partial charge >= 0.3 is 11.9 Å². The first-order valence-electron chi connectivity index (χ1n) is 10.2. The standard InChI is InChI=1S/C25H22N2O5/c1-16-18-10-6-7-11-19(18)27-20(24(16)25(29)30-2)15-31-23(28)13-12-22-26-14-21(32-22)17-8-4-3-5-9-17/h3-11,14H,12-13,15H2,1-2H3. The molecule has 0 aliphatic rings. The highest BCUT2D eigenvalue weighted by molar-refractivity contribution is 5.98. The molecule has 0 saturated carbocycles. The normalized spacial score (nSPS) is 10.8. The maximum atomic E-state index is 12.4. The minimum Gasteiger partial charge on any atom is -0.465 e. The van der Waals surface area contributed by atoms with Gasteiger partial charge in [0, 0.05) is 17.4 Å². The summed E-state index contributed by atoms with van der Waals surface area (Å²) >= 11 is 0. The van der Waals surface area contributed by atoms with Crippen molar-refractivity contribution in [3.63, 3.8) is 0 Å². The highest BCUT2D eigenvalue weighted by Gasteiger charge is 2.20. The summed E-state index contributed by atoms with van der Waals surface area (Å²) in [6.07, 6.45) is 2.04. The molecule has 2 aromatic heterocycles. The molecular weight excluding hydrogens is 408 g/mol. The Kier molecular flexibility index (Phi) is 6.26. The highest BCUT2D eigenvalue weighted by Crippen LogP contribution is 2.24. The third-order valence-corrected chi connectivity index (χ3v) is 5.14. The Morgan fingerprint density at radius 1 is 1.03 bits per heavy atom. The Morgan fingerprint density at radius 3 is 2.56 bits per heavy atom. The predicted octanol–water partition coefficient (Wildman–Crippen LogP) is 4.66. The maximum Gasteiger partial charge on any atom is 0.340 e. The molecule has 7 heteroatoms. The van der Waals surface area contributed by atoms with Gasteiger partial charge in [0.15, 0.2) is 11.7 Å². The monoisotopic (exact) mass is 430 g/mol. The number of pyridine rings is 1. The summed E-state index contributed by atoms with van der Waals surface area (Å²) in [5.74, 6) is 0.149. The van der Waals surface area contributed by atoms with Gasteiger partial charge in [0.1, 0.15) is 6.61 Å². The molecule has 4 aromatic rings. The fraction of sp³-hybridized carbons (Fsp3) is 0.200. The number of aromatic nitrogens is 2. The molecular formula is C25H22N2O5. The number of hydrogen-bond acceptors (Lipinski definition) is 7. The lowest BCUT2D eigenvalue weighted by Gasteiger charge is -2.13. The third-order valence-electron chi connectivity index (χ3n) is 5.14. The summed E-state index contributed by atoms with van der Waals surface area (Å²) < 4.78 is 16.0. The van der Waals surface area contributed by atoms with Gasteiger partial charge in [0.2, 0.25) is 0 Å². The number of para-hydroxylation sites is 1. The number of carbonyl (C=O) groups is 2. The maximum absolute atomic E-state index is 12.4. The summed E-state index contributed by atoms with van der Waals surface area (Å²) in [6, 6.07) is 17.1. The van der Waals surface area contributed by atoms with E-state index in [2.05, 4.69) is 9.97 Å². The fourth-order valence-corrected chi connectivity index (χ4v) is 3.51. The number of carbonyl (C=O) groups excluding carboxylic acids is 2. The van der Waals surface area contributed by atoms with Crippen LogP contribution in [0.25, 0.3) is 22.2 Å². The molecule has 32 heavy (non-hydrogen) atoms. The van der Waals surface area contributed by atoms with Crippen molar-refractivity contribution in [2.75, 3.05) is 7.11 Å². The molecule has 0 amide bonds. The van der Waals surface area contributed by atoms with E-state index < -0.39 is 11.9 Å². The van der Waals surface area contributed by atoms with E-state index in [0.717, 1.165) is 22.0 Å². The third kappa shape index (κ3) is 4.51. The first-order valence-corrected chi connectivity index (χ1v) is 10.2. The van der Waals surface area contributed by atoms with Crippen LogP contribution in [0.5, 0.6) is 0 Å². The Hall–Kier alpha value is -4.00. The number of benzene rings is 2. The van der Waals surface area contributed by atoms with Gasteiger partial charge in [-0.25, -0.2) is 14.8 Å². The van der Waals surface area contributed by atoms with Gasteiger partial charge in [0.25, 0.3) is 0 Å². The number of fused-ring (bicyclic) bond motifs is 1. The Morgan fingerprint density at radius 2 is 1.78 bits per heavy atom. The SMILES string of the molecule is COC(=O)c1c(COC(=O)CCc2ncc(-c3ccccc3)o2)nc2ccccc2c1C. The number of nitrogens with zero attached hydrogens (tertiary/aromatic N) is 2. The second-order valence-corrected chi connectivity index (χ2v) is 7.21. The minimum atomic E-state index is -0.514. The van der Waals surface area contributed by atoms with Crippen molar-refractivity contribution in [1.29, 1.82) is 0 Å². The Labute approximate surface area is 185 Å². The largest absolute Gasteiger partial charge is 0.465 e. The van der Waals surface area contributed by atoms with Crippen molar-refractivity contribution in [2.24, 2.45) is 0 Å². The van der Waals surface area contributed by atoms with Crippen LogP contribution in [0.4, 0.5) is 0 Å². The van der Waals surface area contributed by atoms with E-state index in [1.165, 1.54) is 7.11 Å². The topological polar surface area (TPSA) is 91.5 Å². The van der Waals surface area contributed by atoms with E-state index in [1.807, 2.05) is 61.5 Å². The molecule has 0 saturated heterocycles. The van der Waals surface area contributed by atoms with Gasteiger partial charge in [0.05, 0.1) is 36.5 Å². The smallest absolute Gasteiger partial charge is 0.340 e. The molecule has 0 unspecified atom stereocenters. The molecule has 7 nitrogen and oxygen atoms in total. The molecule has 0 N–H and O–H groups in total. The van der Waals surface area contributed by atoms with Gasteiger partial charge in [-0.05, 0) is 18.6 Å². The molecule has 0 spiro atoms. The second kappa shape index (κ2) is 9.43. The minimum absolute atomic E-state index is 0.0921. The van der Waals surface area contributed by atoms with Gasteiger partial charge in [-0.15, -0.1) is 0 Å². The van der Waals surface area contributed by atoms with Crippen molar-refractivity contribution in [3.8, 4) is 11.3 Å². The summed E-state index contributed by atoms with van der Waals surface area (Å²) in [4.78, 5) is 33.4. The van der Waals surface area contributed by atoms with Crippen LogP contribution in [0.2, 0.25) is 0 Å². The van der Waals surface area contributed by atoms with Gasteiger partial charge in [-0.3, -0.25) is 4.79 Å². The van der Waals surface area contributed by atoms with E-state index >= 15 is 0 Å². The molecule has 4 rings (SSSR count). The van der Waals surface area contributed by atoms with Crippen molar-refractivity contribution in [3.05, 3.63) is 83.5 Å². The lowest BCUT2D eigenvalue weighted by Crippen LogP contribution is -2.14. The fourth-order valence-electron chi connectivity index (χ4n) is 3.51. The average molecular weight is 430 g/mol. The van der Waals surface area contributed by atoms with E-state index in [1.54, 1.807) is 6.20 Å². The van der Waals surface area contributed by atoms with Crippen LogP contribution >= 0.6 is 0 Å². The lowest BCUT2D eigenvalue weighted by atomic mass is 10.0. The van der Waals surface area contributed by atoms with Crippen molar-refractivity contribution >= 4 is 22.8 Å². The molecule has 0 atom stereocenters. The number of aryl methyl sites for hydroxylation is 2. The van der Waals surface area contributed by atoms with E-state index in [0.29, 0.717) is 29.3 Å². The van der Waals surface area contributed by atoms with Crippen molar-refractivity contribution in [1.82, 2.24) is 9.97 Å². The van der Waals surface area contributed by atoms with Crippen LogP contribution in [0.3, 0.4) is 0 Å². The number of rotatable bonds is 7. The molecule has 0 bridgehead atoms. The molecule has 162 valence electrons. The van der Waals surface area contributed by atoms with Crippen LogP contribution in [-0.4, -0.2) is 29.0 Å². The van der Waals surface area contributed by atoms with Crippen LogP contribution < -0.4 is 0 Å². The molecule has 0 aliphatic heterocycles. The average Bonchev–Trinajstić information content (AvgIpc) is 3.31. The number of oxazole rings is 1. The summed E-state index contributed by atoms with van der Waals surface area (Å²) in [6.45, 7) is 1.70. The van der Waals surface area contributed by atoms with Gasteiger partial charge < -0.3 is 13.9 Å². The summed E-state index contributed by atoms with van der Waals surface area (Å²) in [5.41, 5.74) is 3.06. The molecule has 2 aromatic carbocycles. The Bertz CT molecular complexity index is 1260. The Balaban J connectivity index is 1.43. The molecule has 2 heterocycles.